The van der Waals surface area contributed by atoms with Gasteiger partial charge in [0.2, 0.25) is 0 Å². The van der Waals surface area contributed by atoms with Gasteiger partial charge in [0.05, 0.1) is 5.52 Å². The van der Waals surface area contributed by atoms with Gasteiger partial charge in [-0.2, -0.15) is 0 Å². The summed E-state index contributed by atoms with van der Waals surface area (Å²) in [5, 5.41) is 1.02. The van der Waals surface area contributed by atoms with E-state index >= 15 is 0 Å². The van der Waals surface area contributed by atoms with Crippen LogP contribution in [0.2, 0.25) is 0 Å². The van der Waals surface area contributed by atoms with Gasteiger partial charge in [-0.1, -0.05) is 12.1 Å². The number of hydrogen-bond donors (Lipinski definition) is 0. The molecule has 0 bridgehead atoms. The molecule has 5 nitrogen and oxygen atoms in total. The van der Waals surface area contributed by atoms with Crippen molar-refractivity contribution >= 4 is 22.6 Å². The molecule has 0 saturated carbocycles. The Morgan fingerprint density at radius 3 is 2.40 bits per heavy atom. The van der Waals surface area contributed by atoms with E-state index in [1.165, 1.54) is 24.3 Å². The first-order chi connectivity index (χ1) is 12.2. The Bertz CT molecular complexity index is 899. The van der Waals surface area contributed by atoms with Crippen molar-refractivity contribution in [3.63, 3.8) is 0 Å². The number of carbonyl (C=O) groups excluding carboxylic acids is 1. The van der Waals surface area contributed by atoms with Crippen LogP contribution in [0.15, 0.2) is 54.9 Å². The highest BCUT2D eigenvalue weighted by atomic mass is 19.1. The van der Waals surface area contributed by atoms with Crippen molar-refractivity contribution in [1.29, 1.82) is 0 Å². The number of rotatable bonds is 2. The Hall–Kier alpha value is -3.02. The van der Waals surface area contributed by atoms with Crippen molar-refractivity contribution in [3.8, 4) is 0 Å². The topological polar surface area (TPSA) is 49.3 Å². The molecule has 0 spiro atoms. The molecule has 1 aliphatic rings. The normalized spacial score (nSPS) is 14.8. The van der Waals surface area contributed by atoms with Crippen LogP contribution in [0.5, 0.6) is 0 Å². The molecular formula is C19H17FN4O. The second-order valence-electron chi connectivity index (χ2n) is 6.00. The van der Waals surface area contributed by atoms with Crippen molar-refractivity contribution in [3.05, 3.63) is 66.2 Å². The summed E-state index contributed by atoms with van der Waals surface area (Å²) in [6.07, 6.45) is 1.58. The van der Waals surface area contributed by atoms with E-state index in [9.17, 15) is 9.18 Å². The third kappa shape index (κ3) is 3.03. The third-order valence-corrected chi connectivity index (χ3v) is 4.48. The number of aromatic nitrogens is 2. The summed E-state index contributed by atoms with van der Waals surface area (Å²) < 4.78 is 13.0. The monoisotopic (exact) mass is 336 g/mol. The molecule has 0 N–H and O–H groups in total. The fourth-order valence-corrected chi connectivity index (χ4v) is 3.14. The molecule has 1 aromatic heterocycles. The van der Waals surface area contributed by atoms with E-state index in [4.69, 9.17) is 0 Å². The summed E-state index contributed by atoms with van der Waals surface area (Å²) in [5.41, 5.74) is 1.43. The van der Waals surface area contributed by atoms with Gasteiger partial charge in [0.1, 0.15) is 18.0 Å². The van der Waals surface area contributed by atoms with Gasteiger partial charge >= 0.3 is 0 Å². The summed E-state index contributed by atoms with van der Waals surface area (Å²) >= 11 is 0. The standard InChI is InChI=1S/C19H17FN4O/c20-15-7-5-14(6-8-15)19(25)24-11-9-23(10-12-24)18-16-3-1-2-4-17(16)21-13-22-18/h1-8,13H,9-12H2. The maximum Gasteiger partial charge on any atom is 0.253 e. The van der Waals surface area contributed by atoms with Crippen LogP contribution in [0.4, 0.5) is 10.2 Å². The summed E-state index contributed by atoms with van der Waals surface area (Å²) in [5.74, 6) is 0.503. The summed E-state index contributed by atoms with van der Waals surface area (Å²) in [4.78, 5) is 25.2. The van der Waals surface area contributed by atoms with Gasteiger partial charge in [0.25, 0.3) is 5.91 Å². The summed E-state index contributed by atoms with van der Waals surface area (Å²) in [6.45, 7) is 2.62. The average Bonchev–Trinajstić information content (AvgIpc) is 2.68. The number of hydrogen-bond acceptors (Lipinski definition) is 4. The number of amides is 1. The van der Waals surface area contributed by atoms with Gasteiger partial charge in [0, 0.05) is 37.1 Å². The predicted molar refractivity (Wildman–Crippen MR) is 94.1 cm³/mol. The van der Waals surface area contributed by atoms with Crippen LogP contribution in [-0.4, -0.2) is 47.0 Å². The van der Waals surface area contributed by atoms with Gasteiger partial charge in [-0.25, -0.2) is 14.4 Å². The van der Waals surface area contributed by atoms with Crippen molar-refractivity contribution in [1.82, 2.24) is 14.9 Å². The Morgan fingerprint density at radius 1 is 0.920 bits per heavy atom. The van der Waals surface area contributed by atoms with Gasteiger partial charge in [-0.3, -0.25) is 4.79 Å². The fraction of sp³-hybridized carbons (Fsp3) is 0.211. The third-order valence-electron chi connectivity index (χ3n) is 4.48. The van der Waals surface area contributed by atoms with Crippen molar-refractivity contribution in [2.75, 3.05) is 31.1 Å². The lowest BCUT2D eigenvalue weighted by molar-refractivity contribution is 0.0746. The average molecular weight is 336 g/mol. The van der Waals surface area contributed by atoms with E-state index in [1.54, 1.807) is 11.2 Å². The van der Waals surface area contributed by atoms with E-state index in [0.29, 0.717) is 31.7 Å². The molecule has 2 aromatic carbocycles. The number of para-hydroxylation sites is 1. The van der Waals surface area contributed by atoms with Crippen LogP contribution < -0.4 is 4.90 Å². The number of anilines is 1. The highest BCUT2D eigenvalue weighted by Crippen LogP contribution is 2.23. The Morgan fingerprint density at radius 2 is 1.64 bits per heavy atom. The Labute approximate surface area is 144 Å². The first kappa shape index (κ1) is 15.5. The molecular weight excluding hydrogens is 319 g/mol. The van der Waals surface area contributed by atoms with E-state index in [1.807, 2.05) is 24.3 Å². The maximum absolute atomic E-state index is 13.0. The molecule has 0 atom stereocenters. The predicted octanol–water partition coefficient (Wildman–Crippen LogP) is 2.73. The van der Waals surface area contributed by atoms with Crippen molar-refractivity contribution < 1.29 is 9.18 Å². The number of fused-ring (bicyclic) bond motifs is 1. The molecule has 3 aromatic rings. The van der Waals surface area contributed by atoms with E-state index in [2.05, 4.69) is 14.9 Å². The number of piperazine rings is 1. The Kier molecular flexibility index (Phi) is 4.01. The minimum Gasteiger partial charge on any atom is -0.352 e. The first-order valence-corrected chi connectivity index (χ1v) is 8.22. The lowest BCUT2D eigenvalue weighted by Gasteiger charge is -2.35. The quantitative estimate of drug-likeness (QED) is 0.722. The molecule has 1 saturated heterocycles. The number of halogens is 1. The highest BCUT2D eigenvalue weighted by Gasteiger charge is 2.23. The van der Waals surface area contributed by atoms with Crippen LogP contribution in [0, 0.1) is 5.82 Å². The largest absolute Gasteiger partial charge is 0.352 e. The number of benzene rings is 2. The molecule has 1 aliphatic heterocycles. The molecule has 6 heteroatoms. The van der Waals surface area contributed by atoms with E-state index in [-0.39, 0.29) is 11.7 Å². The van der Waals surface area contributed by atoms with Gasteiger partial charge in [0.15, 0.2) is 0 Å². The van der Waals surface area contributed by atoms with Gasteiger partial charge in [-0.05, 0) is 36.4 Å². The van der Waals surface area contributed by atoms with Crippen LogP contribution in [0.25, 0.3) is 10.9 Å². The molecule has 1 fully saturated rings. The molecule has 0 radical (unpaired) electrons. The summed E-state index contributed by atoms with van der Waals surface area (Å²) in [7, 11) is 0. The molecule has 126 valence electrons. The van der Waals surface area contributed by atoms with Crippen LogP contribution in [-0.2, 0) is 0 Å². The lowest BCUT2D eigenvalue weighted by Crippen LogP contribution is -2.49. The zero-order valence-corrected chi connectivity index (χ0v) is 13.6. The lowest BCUT2D eigenvalue weighted by atomic mass is 10.1. The second-order valence-corrected chi connectivity index (χ2v) is 6.00. The van der Waals surface area contributed by atoms with Crippen molar-refractivity contribution in [2.45, 2.75) is 0 Å². The summed E-state index contributed by atoms with van der Waals surface area (Å²) in [6, 6.07) is 13.6. The van der Waals surface area contributed by atoms with Crippen LogP contribution in [0.3, 0.4) is 0 Å². The highest BCUT2D eigenvalue weighted by molar-refractivity contribution is 5.94. The van der Waals surface area contributed by atoms with Gasteiger partial charge < -0.3 is 9.80 Å². The second kappa shape index (κ2) is 6.47. The van der Waals surface area contributed by atoms with Crippen LogP contribution in [0.1, 0.15) is 10.4 Å². The first-order valence-electron chi connectivity index (χ1n) is 8.22. The number of carbonyl (C=O) groups is 1. The molecule has 2 heterocycles. The van der Waals surface area contributed by atoms with E-state index in [0.717, 1.165) is 16.7 Å². The Balaban J connectivity index is 1.49. The van der Waals surface area contributed by atoms with Gasteiger partial charge in [-0.15, -0.1) is 0 Å². The molecule has 0 unspecified atom stereocenters. The minimum absolute atomic E-state index is 0.0628. The molecule has 1 amide bonds. The zero-order valence-electron chi connectivity index (χ0n) is 13.6. The molecule has 4 rings (SSSR count). The van der Waals surface area contributed by atoms with E-state index < -0.39 is 0 Å². The van der Waals surface area contributed by atoms with Crippen LogP contribution >= 0.6 is 0 Å². The smallest absolute Gasteiger partial charge is 0.253 e. The SMILES string of the molecule is O=C(c1ccc(F)cc1)N1CCN(c2ncnc3ccccc23)CC1. The molecule has 25 heavy (non-hydrogen) atoms. The number of nitrogens with zero attached hydrogens (tertiary/aromatic N) is 4. The zero-order chi connectivity index (χ0) is 17.2. The van der Waals surface area contributed by atoms with Crippen molar-refractivity contribution in [2.24, 2.45) is 0 Å². The minimum atomic E-state index is -0.336. The maximum atomic E-state index is 13.0. The fourth-order valence-electron chi connectivity index (χ4n) is 3.14. The molecule has 0 aliphatic carbocycles.